The van der Waals surface area contributed by atoms with Crippen LogP contribution in [0.4, 0.5) is 21.6 Å². The van der Waals surface area contributed by atoms with E-state index in [-0.39, 0.29) is 23.8 Å². The largest absolute Gasteiger partial charge is 0.354 e. The number of para-hydroxylation sites is 1. The molecule has 7 nitrogen and oxygen atoms in total. The predicted molar refractivity (Wildman–Crippen MR) is 146 cm³/mol. The summed E-state index contributed by atoms with van der Waals surface area (Å²) in [4.78, 5) is 27.0. The van der Waals surface area contributed by atoms with Gasteiger partial charge in [0.1, 0.15) is 17.2 Å². The average molecular weight is 507 g/mol. The van der Waals surface area contributed by atoms with Crippen molar-refractivity contribution in [2.24, 2.45) is 4.99 Å². The molecule has 0 spiro atoms. The normalized spacial score (nSPS) is 19.7. The molecule has 1 N–H and O–H groups in total. The van der Waals surface area contributed by atoms with Crippen LogP contribution in [0.2, 0.25) is 0 Å². The Hall–Kier alpha value is -4.46. The number of hydrogen-bond donors (Lipinski definition) is 1. The molecule has 4 aromatic rings. The number of carbonyl (C=O) groups excluding carboxylic acids is 1. The average Bonchev–Trinajstić information content (AvgIpc) is 3.62. The maximum atomic E-state index is 13.7. The van der Waals surface area contributed by atoms with Crippen LogP contribution in [0.15, 0.2) is 84.1 Å². The molecule has 190 valence electrons. The van der Waals surface area contributed by atoms with Crippen LogP contribution in [0.3, 0.4) is 0 Å². The molecular formula is C30H27FN6O. The van der Waals surface area contributed by atoms with Crippen molar-refractivity contribution in [1.29, 1.82) is 0 Å². The van der Waals surface area contributed by atoms with Gasteiger partial charge in [-0.3, -0.25) is 19.6 Å². The highest BCUT2D eigenvalue weighted by Gasteiger charge is 2.49. The fraction of sp³-hybridized carbons (Fsp3) is 0.233. The van der Waals surface area contributed by atoms with E-state index in [1.807, 2.05) is 67.8 Å². The van der Waals surface area contributed by atoms with Crippen molar-refractivity contribution < 1.29 is 9.18 Å². The summed E-state index contributed by atoms with van der Waals surface area (Å²) in [6.45, 7) is 0.577. The number of fused-ring (bicyclic) bond motifs is 5. The van der Waals surface area contributed by atoms with Gasteiger partial charge in [0, 0.05) is 43.3 Å². The third kappa shape index (κ3) is 3.67. The first-order valence-electron chi connectivity index (χ1n) is 13.0. The Bertz CT molecular complexity index is 1560. The van der Waals surface area contributed by atoms with E-state index < -0.39 is 0 Å². The molecule has 0 unspecified atom stereocenters. The summed E-state index contributed by atoms with van der Waals surface area (Å²) in [6, 6.07) is 21.2. The molecule has 1 amide bonds. The predicted octanol–water partition coefficient (Wildman–Crippen LogP) is 5.66. The number of amides is 1. The number of nitrogens with one attached hydrogen (secondary N) is 1. The SMILES string of the molecule is CN1C(=O)c2c(Nc3ccccc3)cn(Cc3ccc(-c4cc(F)ccn4)cc3)c2N2C1=N[C@@H]1CCC[C@@H]12. The number of aliphatic imine (C=N–C) groups is 1. The Morgan fingerprint density at radius 2 is 1.87 bits per heavy atom. The van der Waals surface area contributed by atoms with Gasteiger partial charge in [0.15, 0.2) is 0 Å². The second-order valence-corrected chi connectivity index (χ2v) is 10.1. The van der Waals surface area contributed by atoms with Crippen LogP contribution in [0, 0.1) is 5.82 Å². The molecule has 4 heterocycles. The number of benzene rings is 2. The molecule has 2 aromatic carbocycles. The van der Waals surface area contributed by atoms with Crippen LogP contribution >= 0.6 is 0 Å². The summed E-state index contributed by atoms with van der Waals surface area (Å²) in [5, 5.41) is 3.49. The zero-order valence-corrected chi connectivity index (χ0v) is 21.0. The molecule has 0 radical (unpaired) electrons. The van der Waals surface area contributed by atoms with Crippen molar-refractivity contribution in [3.63, 3.8) is 0 Å². The maximum absolute atomic E-state index is 13.7. The fourth-order valence-corrected chi connectivity index (χ4v) is 5.94. The molecule has 0 bridgehead atoms. The molecule has 1 saturated carbocycles. The summed E-state index contributed by atoms with van der Waals surface area (Å²) in [5.74, 6) is 1.28. The van der Waals surface area contributed by atoms with E-state index in [1.54, 1.807) is 4.90 Å². The quantitative estimate of drug-likeness (QED) is 0.379. The zero-order valence-electron chi connectivity index (χ0n) is 21.0. The van der Waals surface area contributed by atoms with Crippen molar-refractivity contribution in [3.05, 3.63) is 96.1 Å². The number of pyridine rings is 1. The standard InChI is InChI=1S/C30H27FN6O/c1-35-29(38)27-25(33-22-6-3-2-4-7-22)18-36(28(27)37-26-9-5-8-23(26)34-30(35)37)17-19-10-12-20(13-11-19)24-16-21(31)14-15-32-24/h2-4,6-7,10-16,18,23,26,33H,5,8-9,17H2,1H3/t23-,26+/m1/s1. The summed E-state index contributed by atoms with van der Waals surface area (Å²) < 4.78 is 15.9. The van der Waals surface area contributed by atoms with E-state index in [0.717, 1.165) is 53.5 Å². The lowest BCUT2D eigenvalue weighted by atomic mass is 10.1. The van der Waals surface area contributed by atoms with Gasteiger partial charge in [-0.1, -0.05) is 42.5 Å². The van der Waals surface area contributed by atoms with E-state index in [9.17, 15) is 9.18 Å². The van der Waals surface area contributed by atoms with Crippen LogP contribution < -0.4 is 10.2 Å². The fourth-order valence-electron chi connectivity index (χ4n) is 5.94. The number of hydrogen-bond acceptors (Lipinski definition) is 5. The highest BCUT2D eigenvalue weighted by molar-refractivity contribution is 6.21. The molecule has 38 heavy (non-hydrogen) atoms. The van der Waals surface area contributed by atoms with Gasteiger partial charge in [0.25, 0.3) is 5.91 Å². The van der Waals surface area contributed by atoms with Gasteiger partial charge in [0.05, 0.1) is 23.5 Å². The maximum Gasteiger partial charge on any atom is 0.266 e. The molecule has 1 fully saturated rings. The smallest absolute Gasteiger partial charge is 0.266 e. The lowest BCUT2D eigenvalue weighted by Gasteiger charge is -2.36. The van der Waals surface area contributed by atoms with Gasteiger partial charge in [-0.2, -0.15) is 0 Å². The molecule has 2 aromatic heterocycles. The number of anilines is 3. The molecule has 2 aliphatic heterocycles. The van der Waals surface area contributed by atoms with Gasteiger partial charge in [-0.15, -0.1) is 0 Å². The van der Waals surface area contributed by atoms with E-state index >= 15 is 0 Å². The lowest BCUT2D eigenvalue weighted by Crippen LogP contribution is -2.51. The van der Waals surface area contributed by atoms with Gasteiger partial charge >= 0.3 is 0 Å². The van der Waals surface area contributed by atoms with Gasteiger partial charge in [-0.05, 0) is 43.0 Å². The van der Waals surface area contributed by atoms with Crippen molar-refractivity contribution in [1.82, 2.24) is 14.5 Å². The van der Waals surface area contributed by atoms with Crippen LogP contribution in [0.5, 0.6) is 0 Å². The Kier molecular flexibility index (Phi) is 5.28. The number of aromatic nitrogens is 2. The summed E-state index contributed by atoms with van der Waals surface area (Å²) in [7, 11) is 1.82. The van der Waals surface area contributed by atoms with Crippen molar-refractivity contribution >= 4 is 29.1 Å². The molecule has 7 rings (SSSR count). The first kappa shape index (κ1) is 22.7. The Balaban J connectivity index is 1.30. The highest BCUT2D eigenvalue weighted by atomic mass is 19.1. The van der Waals surface area contributed by atoms with E-state index in [1.165, 1.54) is 18.3 Å². The summed E-state index contributed by atoms with van der Waals surface area (Å²) in [5.41, 5.74) is 4.90. The first-order valence-corrected chi connectivity index (χ1v) is 13.0. The minimum atomic E-state index is -0.306. The Morgan fingerprint density at radius 3 is 2.66 bits per heavy atom. The molecule has 2 atom stereocenters. The number of rotatable bonds is 5. The van der Waals surface area contributed by atoms with E-state index in [4.69, 9.17) is 4.99 Å². The summed E-state index contributed by atoms with van der Waals surface area (Å²) in [6.07, 6.45) is 6.76. The van der Waals surface area contributed by atoms with Crippen LogP contribution in [0.1, 0.15) is 35.2 Å². The second kappa shape index (κ2) is 8.83. The number of nitrogens with zero attached hydrogens (tertiary/aromatic N) is 5. The third-order valence-corrected chi connectivity index (χ3v) is 7.75. The minimum Gasteiger partial charge on any atom is -0.354 e. The van der Waals surface area contributed by atoms with Crippen molar-refractivity contribution in [3.8, 4) is 11.3 Å². The van der Waals surface area contributed by atoms with Crippen LogP contribution in [-0.4, -0.2) is 45.4 Å². The zero-order chi connectivity index (χ0) is 25.8. The van der Waals surface area contributed by atoms with Crippen LogP contribution in [0.25, 0.3) is 11.3 Å². The van der Waals surface area contributed by atoms with Gasteiger partial charge in [-0.25, -0.2) is 9.38 Å². The monoisotopic (exact) mass is 506 g/mol. The molecule has 8 heteroatoms. The summed E-state index contributed by atoms with van der Waals surface area (Å²) >= 11 is 0. The van der Waals surface area contributed by atoms with Gasteiger partial charge in [0.2, 0.25) is 5.96 Å². The number of guanidine groups is 1. The molecule has 0 saturated heterocycles. The first-order chi connectivity index (χ1) is 18.6. The Morgan fingerprint density at radius 1 is 1.05 bits per heavy atom. The molecule has 1 aliphatic carbocycles. The van der Waals surface area contributed by atoms with Crippen molar-refractivity contribution in [2.75, 3.05) is 17.3 Å². The number of carbonyl (C=O) groups is 1. The van der Waals surface area contributed by atoms with E-state index in [0.29, 0.717) is 17.8 Å². The van der Waals surface area contributed by atoms with Crippen LogP contribution in [-0.2, 0) is 6.54 Å². The van der Waals surface area contributed by atoms with E-state index in [2.05, 4.69) is 19.8 Å². The third-order valence-electron chi connectivity index (χ3n) is 7.75. The molecule has 3 aliphatic rings. The number of halogens is 1. The topological polar surface area (TPSA) is 65.8 Å². The molecular weight excluding hydrogens is 479 g/mol. The highest BCUT2D eigenvalue weighted by Crippen LogP contribution is 2.44. The second-order valence-electron chi connectivity index (χ2n) is 10.1. The van der Waals surface area contributed by atoms with Gasteiger partial charge < -0.3 is 9.88 Å². The van der Waals surface area contributed by atoms with Crippen molar-refractivity contribution in [2.45, 2.75) is 37.9 Å². The minimum absolute atomic E-state index is 0.0559. The lowest BCUT2D eigenvalue weighted by molar-refractivity contribution is 0.0865. The Labute approximate surface area is 220 Å².